The molecule has 0 amide bonds. The molecule has 1 aliphatic rings. The molecule has 0 saturated carbocycles. The van der Waals surface area contributed by atoms with Gasteiger partial charge in [0.25, 0.3) is 0 Å². The van der Waals surface area contributed by atoms with Gasteiger partial charge in [-0.3, -0.25) is 4.79 Å². The number of Topliss-reactive ketones (excluding diaryl/α,β-unsaturated/α-hetero) is 1. The zero-order valence-corrected chi connectivity index (χ0v) is 17.5. The Hall–Kier alpha value is -2.31. The third kappa shape index (κ3) is 6.08. The van der Waals surface area contributed by atoms with E-state index in [-0.39, 0.29) is 18.0 Å². The Kier molecular flexibility index (Phi) is 7.72. The van der Waals surface area contributed by atoms with E-state index in [0.29, 0.717) is 22.9 Å². The van der Waals surface area contributed by atoms with Crippen LogP contribution < -0.4 is 4.74 Å². The number of benzene rings is 1. The Labute approximate surface area is 176 Å². The van der Waals surface area contributed by atoms with Crippen molar-refractivity contribution in [2.24, 2.45) is 0 Å². The number of rotatable bonds is 9. The number of ether oxygens (including phenoxy) is 2. The maximum absolute atomic E-state index is 12.6. The maximum Gasteiger partial charge on any atom is 0.354 e. The van der Waals surface area contributed by atoms with Crippen LogP contribution >= 0.6 is 11.6 Å². The number of ketones is 1. The van der Waals surface area contributed by atoms with Crippen LogP contribution in [0.5, 0.6) is 5.75 Å². The molecule has 0 spiro atoms. The molecule has 1 aliphatic heterocycles. The first-order chi connectivity index (χ1) is 14.1. The number of esters is 1. The van der Waals surface area contributed by atoms with Gasteiger partial charge < -0.3 is 18.9 Å². The highest BCUT2D eigenvalue weighted by Crippen LogP contribution is 2.20. The lowest BCUT2D eigenvalue weighted by Crippen LogP contribution is -2.31. The summed E-state index contributed by atoms with van der Waals surface area (Å²) in [5.74, 6) is -0.0973. The second-order valence-electron chi connectivity index (χ2n) is 7.22. The summed E-state index contributed by atoms with van der Waals surface area (Å²) in [5.41, 5.74) is 0.778. The highest BCUT2D eigenvalue weighted by Gasteiger charge is 2.18. The molecule has 0 bridgehead atoms. The Morgan fingerprint density at radius 3 is 2.66 bits per heavy atom. The smallest absolute Gasteiger partial charge is 0.354 e. The number of aromatic nitrogens is 1. The normalized spacial score (nSPS) is 14.6. The molecule has 156 valence electrons. The molecule has 6 nitrogen and oxygen atoms in total. The number of nitrogens with zero attached hydrogens (tertiary/aromatic N) is 2. The topological polar surface area (TPSA) is 60.8 Å². The van der Waals surface area contributed by atoms with Crippen LogP contribution in [0, 0.1) is 0 Å². The average Bonchev–Trinajstić information content (AvgIpc) is 3.14. The number of hydrogen-bond acceptors (Lipinski definition) is 5. The molecule has 0 radical (unpaired) electrons. The minimum atomic E-state index is -0.507. The largest absolute Gasteiger partial charge is 0.492 e. The number of halogens is 1. The first kappa shape index (κ1) is 21.4. The third-order valence-electron chi connectivity index (χ3n) is 5.06. The molecule has 3 rings (SSSR count). The molecular weight excluding hydrogens is 392 g/mol. The lowest BCUT2D eigenvalue weighted by atomic mass is 10.1. The summed E-state index contributed by atoms with van der Waals surface area (Å²) in [7, 11) is 1.32. The van der Waals surface area contributed by atoms with Gasteiger partial charge in [-0.25, -0.2) is 4.79 Å². The number of likely N-dealkylation sites (tertiary alicyclic amines) is 1. The third-order valence-corrected chi connectivity index (χ3v) is 5.30. The van der Waals surface area contributed by atoms with Gasteiger partial charge in [-0.15, -0.1) is 0 Å². The van der Waals surface area contributed by atoms with Crippen LogP contribution in [0.1, 0.15) is 46.5 Å². The lowest BCUT2D eigenvalue weighted by molar-refractivity contribution is 0.0588. The van der Waals surface area contributed by atoms with Gasteiger partial charge in [0.05, 0.1) is 20.3 Å². The number of hydrogen-bond donors (Lipinski definition) is 0. The van der Waals surface area contributed by atoms with Gasteiger partial charge in [0, 0.05) is 29.4 Å². The number of piperidine rings is 1. The molecule has 1 aromatic heterocycles. The lowest BCUT2D eigenvalue weighted by Gasteiger charge is -2.26. The van der Waals surface area contributed by atoms with E-state index >= 15 is 0 Å². The van der Waals surface area contributed by atoms with E-state index in [1.165, 1.54) is 26.4 Å². The van der Waals surface area contributed by atoms with Gasteiger partial charge in [0.2, 0.25) is 0 Å². The average molecular weight is 419 g/mol. The van der Waals surface area contributed by atoms with Crippen LogP contribution in [0.15, 0.2) is 36.5 Å². The van der Waals surface area contributed by atoms with Gasteiger partial charge in [0.15, 0.2) is 5.78 Å². The van der Waals surface area contributed by atoms with E-state index in [1.807, 2.05) is 0 Å². The summed E-state index contributed by atoms with van der Waals surface area (Å²) in [6.45, 7) is 3.89. The van der Waals surface area contributed by atoms with Gasteiger partial charge in [-0.2, -0.15) is 0 Å². The molecule has 0 aliphatic carbocycles. The van der Waals surface area contributed by atoms with Crippen molar-refractivity contribution in [2.75, 3.05) is 33.4 Å². The zero-order valence-electron chi connectivity index (χ0n) is 16.7. The molecule has 2 heterocycles. The first-order valence-corrected chi connectivity index (χ1v) is 10.4. The summed E-state index contributed by atoms with van der Waals surface area (Å²) in [6, 6.07) is 8.38. The fraction of sp³-hybridized carbons (Fsp3) is 0.455. The van der Waals surface area contributed by atoms with E-state index in [9.17, 15) is 9.59 Å². The maximum atomic E-state index is 12.6. The van der Waals surface area contributed by atoms with Crippen molar-refractivity contribution in [3.63, 3.8) is 0 Å². The zero-order chi connectivity index (χ0) is 20.6. The Bertz CT molecular complexity index is 843. The Morgan fingerprint density at radius 1 is 1.14 bits per heavy atom. The molecule has 29 heavy (non-hydrogen) atoms. The molecule has 0 N–H and O–H groups in total. The van der Waals surface area contributed by atoms with Crippen molar-refractivity contribution in [2.45, 2.75) is 32.2 Å². The van der Waals surface area contributed by atoms with E-state index in [0.717, 1.165) is 26.1 Å². The Balaban J connectivity index is 1.61. The molecule has 7 heteroatoms. The summed E-state index contributed by atoms with van der Waals surface area (Å²) < 4.78 is 12.2. The highest BCUT2D eigenvalue weighted by molar-refractivity contribution is 6.31. The number of carbonyl (C=O) groups is 2. The van der Waals surface area contributed by atoms with Gasteiger partial charge in [0.1, 0.15) is 11.4 Å². The van der Waals surface area contributed by atoms with Crippen LogP contribution in [-0.4, -0.2) is 54.6 Å². The van der Waals surface area contributed by atoms with E-state index in [4.69, 9.17) is 21.1 Å². The van der Waals surface area contributed by atoms with Crippen LogP contribution in [0.2, 0.25) is 5.02 Å². The molecule has 0 atom stereocenters. The van der Waals surface area contributed by atoms with E-state index in [2.05, 4.69) is 4.90 Å². The van der Waals surface area contributed by atoms with Crippen molar-refractivity contribution in [1.29, 1.82) is 0 Å². The van der Waals surface area contributed by atoms with Crippen molar-refractivity contribution < 1.29 is 19.1 Å². The molecule has 1 aromatic carbocycles. The van der Waals surface area contributed by atoms with Gasteiger partial charge >= 0.3 is 5.97 Å². The van der Waals surface area contributed by atoms with Crippen molar-refractivity contribution >= 4 is 23.4 Å². The number of methoxy groups -OCH3 is 1. The molecule has 1 saturated heterocycles. The van der Waals surface area contributed by atoms with Gasteiger partial charge in [-0.05, 0) is 44.5 Å². The van der Waals surface area contributed by atoms with Crippen molar-refractivity contribution in [3.8, 4) is 5.75 Å². The molecule has 2 aromatic rings. The second kappa shape index (κ2) is 10.5. The van der Waals surface area contributed by atoms with Crippen molar-refractivity contribution in [1.82, 2.24) is 9.47 Å². The van der Waals surface area contributed by atoms with E-state index in [1.54, 1.807) is 41.1 Å². The standard InChI is InChI=1S/C22H27ClN2O4/c1-28-22(27)20-14-19(29-12-6-11-24-9-3-2-4-10-24)15-25(20)16-21(26)17-7-5-8-18(23)13-17/h5,7-8,13-15H,2-4,6,9-12,16H2,1H3. The SMILES string of the molecule is COC(=O)c1cc(OCCCN2CCCCC2)cn1CC(=O)c1cccc(Cl)c1. The quantitative estimate of drug-likeness (QED) is 0.349. The molecule has 0 unspecified atom stereocenters. The predicted octanol–water partition coefficient (Wildman–Crippen LogP) is 4.07. The van der Waals surface area contributed by atoms with Crippen LogP contribution in [0.3, 0.4) is 0 Å². The second-order valence-corrected chi connectivity index (χ2v) is 7.65. The predicted molar refractivity (Wildman–Crippen MR) is 112 cm³/mol. The van der Waals surface area contributed by atoms with Crippen molar-refractivity contribution in [3.05, 3.63) is 52.8 Å². The number of carbonyl (C=O) groups excluding carboxylic acids is 2. The van der Waals surface area contributed by atoms with E-state index < -0.39 is 5.97 Å². The summed E-state index contributed by atoms with van der Waals surface area (Å²) in [6.07, 6.45) is 6.46. The molecular formula is C22H27ClN2O4. The minimum Gasteiger partial charge on any atom is -0.492 e. The fourth-order valence-corrected chi connectivity index (χ4v) is 3.73. The fourth-order valence-electron chi connectivity index (χ4n) is 3.54. The Morgan fingerprint density at radius 2 is 1.93 bits per heavy atom. The summed E-state index contributed by atoms with van der Waals surface area (Å²) in [4.78, 5) is 27.2. The van der Waals surface area contributed by atoms with Crippen LogP contribution in [0.4, 0.5) is 0 Å². The molecule has 1 fully saturated rings. The highest BCUT2D eigenvalue weighted by atomic mass is 35.5. The van der Waals surface area contributed by atoms with Crippen LogP contribution in [-0.2, 0) is 11.3 Å². The monoisotopic (exact) mass is 418 g/mol. The van der Waals surface area contributed by atoms with Gasteiger partial charge in [-0.1, -0.05) is 30.2 Å². The summed E-state index contributed by atoms with van der Waals surface area (Å²) >= 11 is 5.97. The van der Waals surface area contributed by atoms with Crippen LogP contribution in [0.25, 0.3) is 0 Å². The summed E-state index contributed by atoms with van der Waals surface area (Å²) in [5, 5.41) is 0.495. The minimum absolute atomic E-state index is 0.00190. The first-order valence-electron chi connectivity index (χ1n) is 9.99.